The van der Waals surface area contributed by atoms with E-state index in [9.17, 15) is 0 Å². The summed E-state index contributed by atoms with van der Waals surface area (Å²) < 4.78 is 0. The highest BCUT2D eigenvalue weighted by atomic mass is 16.3. The Bertz CT molecular complexity index is 129. The molecule has 0 rings (SSSR count). The van der Waals surface area contributed by atoms with Gasteiger partial charge in [-0.05, 0) is 6.92 Å². The number of rotatable bonds is 3. The molecule has 10 heavy (non-hydrogen) atoms. The number of guanidine groups is 1. The summed E-state index contributed by atoms with van der Waals surface area (Å²) in [5, 5.41) is 17.6. The van der Waals surface area contributed by atoms with Crippen molar-refractivity contribution in [2.24, 2.45) is 16.5 Å². The van der Waals surface area contributed by atoms with Gasteiger partial charge in [-0.1, -0.05) is 0 Å². The molecule has 5 heteroatoms. The Kier molecular flexibility index (Phi) is 3.11. The third kappa shape index (κ3) is 4.11. The second-order valence-corrected chi connectivity index (χ2v) is 2.40. The molecule has 0 amide bonds. The lowest BCUT2D eigenvalue weighted by atomic mass is 10.1. The van der Waals surface area contributed by atoms with Gasteiger partial charge < -0.3 is 21.7 Å². The molecule has 1 unspecified atom stereocenters. The maximum atomic E-state index is 9.10. The third-order valence-corrected chi connectivity index (χ3v) is 0.943. The van der Waals surface area contributed by atoms with Crippen LogP contribution in [0.15, 0.2) is 4.99 Å². The van der Waals surface area contributed by atoms with Gasteiger partial charge in [0.05, 0.1) is 13.2 Å². The maximum Gasteiger partial charge on any atom is 0.186 e. The van der Waals surface area contributed by atoms with Gasteiger partial charge >= 0.3 is 0 Å². The van der Waals surface area contributed by atoms with Crippen molar-refractivity contribution in [3.05, 3.63) is 0 Å². The van der Waals surface area contributed by atoms with E-state index in [-0.39, 0.29) is 19.1 Å². The average molecular weight is 147 g/mol. The number of hydrogen-bond acceptors (Lipinski definition) is 3. The summed E-state index contributed by atoms with van der Waals surface area (Å²) in [5.74, 6) is -0.0891. The van der Waals surface area contributed by atoms with Crippen LogP contribution >= 0.6 is 0 Å². The van der Waals surface area contributed by atoms with Crippen LogP contribution in [0.25, 0.3) is 0 Å². The largest absolute Gasteiger partial charge is 0.393 e. The molecule has 1 atom stereocenters. The van der Waals surface area contributed by atoms with E-state index in [1.807, 2.05) is 0 Å². The minimum absolute atomic E-state index is 0.0197. The second-order valence-electron chi connectivity index (χ2n) is 2.40. The van der Waals surface area contributed by atoms with E-state index in [2.05, 4.69) is 4.99 Å². The van der Waals surface area contributed by atoms with Crippen LogP contribution in [0.5, 0.6) is 0 Å². The Hall–Kier alpha value is -0.810. The summed E-state index contributed by atoms with van der Waals surface area (Å²) in [7, 11) is 0. The van der Waals surface area contributed by atoms with Crippen LogP contribution in [0.4, 0.5) is 0 Å². The van der Waals surface area contributed by atoms with Crippen molar-refractivity contribution in [1.82, 2.24) is 0 Å². The van der Waals surface area contributed by atoms with Crippen molar-refractivity contribution in [3.63, 3.8) is 0 Å². The van der Waals surface area contributed by atoms with Crippen LogP contribution < -0.4 is 11.5 Å². The maximum absolute atomic E-state index is 9.10. The van der Waals surface area contributed by atoms with E-state index < -0.39 is 5.60 Å². The molecule has 0 aliphatic rings. The number of nitrogens with zero attached hydrogens (tertiary/aromatic N) is 1. The summed E-state index contributed by atoms with van der Waals surface area (Å²) >= 11 is 0. The molecule has 0 aromatic carbocycles. The molecular weight excluding hydrogens is 134 g/mol. The van der Waals surface area contributed by atoms with Crippen LogP contribution in [0.1, 0.15) is 6.92 Å². The lowest BCUT2D eigenvalue weighted by Crippen LogP contribution is -2.35. The molecule has 5 nitrogen and oxygen atoms in total. The Labute approximate surface area is 59.4 Å². The first-order valence-corrected chi connectivity index (χ1v) is 2.86. The van der Waals surface area contributed by atoms with Gasteiger partial charge in [0.2, 0.25) is 0 Å². The van der Waals surface area contributed by atoms with E-state index in [0.29, 0.717) is 0 Å². The van der Waals surface area contributed by atoms with Gasteiger partial charge in [0.25, 0.3) is 0 Å². The zero-order valence-electron chi connectivity index (χ0n) is 5.91. The predicted octanol–water partition coefficient (Wildman–Crippen LogP) is -2.00. The van der Waals surface area contributed by atoms with Crippen LogP contribution in [0.3, 0.4) is 0 Å². The Balaban J connectivity index is 3.78. The van der Waals surface area contributed by atoms with Gasteiger partial charge in [-0.3, -0.25) is 4.99 Å². The Morgan fingerprint density at radius 3 is 2.40 bits per heavy atom. The van der Waals surface area contributed by atoms with Crippen LogP contribution in [0, 0.1) is 0 Å². The zero-order valence-corrected chi connectivity index (χ0v) is 5.91. The van der Waals surface area contributed by atoms with E-state index in [1.165, 1.54) is 6.92 Å². The van der Waals surface area contributed by atoms with Gasteiger partial charge in [-0.25, -0.2) is 0 Å². The summed E-state index contributed by atoms with van der Waals surface area (Å²) in [6.07, 6.45) is 0. The fraction of sp³-hybridized carbons (Fsp3) is 0.800. The molecule has 0 saturated heterocycles. The molecule has 0 heterocycles. The topological polar surface area (TPSA) is 105 Å². The highest BCUT2D eigenvalue weighted by Gasteiger charge is 2.17. The normalized spacial score (nSPS) is 15.9. The van der Waals surface area contributed by atoms with Crippen LogP contribution in [-0.4, -0.2) is 34.9 Å². The van der Waals surface area contributed by atoms with E-state index >= 15 is 0 Å². The second kappa shape index (κ2) is 3.38. The smallest absolute Gasteiger partial charge is 0.186 e. The van der Waals surface area contributed by atoms with Gasteiger partial charge in [-0.15, -0.1) is 0 Å². The number of aliphatic imine (C=N–C) groups is 1. The summed E-state index contributed by atoms with van der Waals surface area (Å²) in [5.41, 5.74) is 8.76. The first-order valence-electron chi connectivity index (χ1n) is 2.86. The number of aliphatic hydroxyl groups is 2. The Morgan fingerprint density at radius 1 is 1.60 bits per heavy atom. The fourth-order valence-corrected chi connectivity index (χ4v) is 0.312. The molecule has 0 bridgehead atoms. The van der Waals surface area contributed by atoms with E-state index in [1.54, 1.807) is 0 Å². The molecule has 60 valence electrons. The van der Waals surface area contributed by atoms with Crippen molar-refractivity contribution < 1.29 is 10.2 Å². The minimum Gasteiger partial charge on any atom is -0.393 e. The lowest BCUT2D eigenvalue weighted by Gasteiger charge is -2.16. The van der Waals surface area contributed by atoms with Crippen molar-refractivity contribution >= 4 is 5.96 Å². The predicted molar refractivity (Wildman–Crippen MR) is 38.4 cm³/mol. The monoisotopic (exact) mass is 147 g/mol. The quantitative estimate of drug-likeness (QED) is 0.274. The number of nitrogens with two attached hydrogens (primary N) is 2. The van der Waals surface area contributed by atoms with Crippen LogP contribution in [-0.2, 0) is 0 Å². The lowest BCUT2D eigenvalue weighted by molar-refractivity contribution is 0.0101. The SMILES string of the molecule is CC(O)(CO)CN=C(N)N. The molecule has 0 fully saturated rings. The summed E-state index contributed by atoms with van der Waals surface area (Å²) in [4.78, 5) is 3.53. The molecule has 0 aliphatic heterocycles. The molecule has 0 aromatic heterocycles. The molecule has 0 radical (unpaired) electrons. The van der Waals surface area contributed by atoms with Crippen molar-refractivity contribution in [3.8, 4) is 0 Å². The van der Waals surface area contributed by atoms with E-state index in [0.717, 1.165) is 0 Å². The minimum atomic E-state index is -1.22. The molecule has 0 spiro atoms. The van der Waals surface area contributed by atoms with Crippen LogP contribution in [0.2, 0.25) is 0 Å². The standard InChI is InChI=1S/C5H13N3O2/c1-5(10,3-9)2-8-4(6)7/h9-10H,2-3H2,1H3,(H4,6,7,8). The van der Waals surface area contributed by atoms with Gasteiger partial charge in [0.15, 0.2) is 5.96 Å². The van der Waals surface area contributed by atoms with Gasteiger partial charge in [0.1, 0.15) is 5.60 Å². The number of aliphatic hydroxyl groups excluding tert-OH is 1. The third-order valence-electron chi connectivity index (χ3n) is 0.943. The zero-order chi connectivity index (χ0) is 8.20. The fourth-order valence-electron chi connectivity index (χ4n) is 0.312. The molecular formula is C5H13N3O2. The van der Waals surface area contributed by atoms with Crippen molar-refractivity contribution in [1.29, 1.82) is 0 Å². The van der Waals surface area contributed by atoms with Crippen molar-refractivity contribution in [2.45, 2.75) is 12.5 Å². The van der Waals surface area contributed by atoms with E-state index in [4.69, 9.17) is 21.7 Å². The molecule has 0 aromatic rings. The first kappa shape index (κ1) is 9.19. The summed E-state index contributed by atoms with van der Waals surface area (Å²) in [6.45, 7) is 1.11. The summed E-state index contributed by atoms with van der Waals surface area (Å²) in [6, 6.07) is 0. The van der Waals surface area contributed by atoms with Gasteiger partial charge in [0, 0.05) is 0 Å². The highest BCUT2D eigenvalue weighted by molar-refractivity contribution is 5.75. The average Bonchev–Trinajstić information content (AvgIpc) is 1.85. The highest BCUT2D eigenvalue weighted by Crippen LogP contribution is 2.00. The Morgan fingerprint density at radius 2 is 2.10 bits per heavy atom. The number of hydrogen-bond donors (Lipinski definition) is 4. The first-order chi connectivity index (χ1) is 4.48. The van der Waals surface area contributed by atoms with Gasteiger partial charge in [-0.2, -0.15) is 0 Å². The molecule has 6 N–H and O–H groups in total. The van der Waals surface area contributed by atoms with Crippen molar-refractivity contribution in [2.75, 3.05) is 13.2 Å². The molecule has 0 saturated carbocycles. The molecule has 0 aliphatic carbocycles.